The summed E-state index contributed by atoms with van der Waals surface area (Å²) in [7, 11) is 0. The van der Waals surface area contributed by atoms with Gasteiger partial charge in [-0.2, -0.15) is 0 Å². The summed E-state index contributed by atoms with van der Waals surface area (Å²) in [5, 5.41) is 22.2. The second-order valence-corrected chi connectivity index (χ2v) is 4.67. The maximum absolute atomic E-state index is 12.4. The van der Waals surface area contributed by atoms with Crippen LogP contribution < -0.4 is 10.2 Å². The van der Waals surface area contributed by atoms with Crippen molar-refractivity contribution in [1.82, 2.24) is 0 Å². The maximum atomic E-state index is 12.4. The van der Waals surface area contributed by atoms with Gasteiger partial charge in [-0.05, 0) is 24.3 Å². The Kier molecular flexibility index (Phi) is 3.27. The predicted octanol–water partition coefficient (Wildman–Crippen LogP) is 1.97. The fourth-order valence-electron chi connectivity index (χ4n) is 2.17. The first-order valence-corrected chi connectivity index (χ1v) is 6.51. The maximum Gasteiger partial charge on any atom is 0.282 e. The molecule has 0 saturated heterocycles. The van der Waals surface area contributed by atoms with E-state index in [0.29, 0.717) is 5.69 Å². The summed E-state index contributed by atoms with van der Waals surface area (Å²) in [6, 6.07) is 12.5. The van der Waals surface area contributed by atoms with E-state index in [-0.39, 0.29) is 22.9 Å². The number of aromatic hydroxyl groups is 2. The van der Waals surface area contributed by atoms with Gasteiger partial charge in [0, 0.05) is 6.08 Å². The van der Waals surface area contributed by atoms with Crippen LogP contribution in [0.25, 0.3) is 0 Å². The molecule has 2 aromatic carbocycles. The van der Waals surface area contributed by atoms with Gasteiger partial charge in [-0.1, -0.05) is 24.3 Å². The molecule has 2 amide bonds. The number of hydrogen-bond acceptors (Lipinski definition) is 5. The first-order chi connectivity index (χ1) is 10.6. The van der Waals surface area contributed by atoms with Gasteiger partial charge >= 0.3 is 0 Å². The highest BCUT2D eigenvalue weighted by atomic mass is 16.3. The molecule has 110 valence electrons. The molecule has 3 N–H and O–H groups in total. The Morgan fingerprint density at radius 1 is 0.864 bits per heavy atom. The summed E-state index contributed by atoms with van der Waals surface area (Å²) in [6.45, 7) is 0. The van der Waals surface area contributed by atoms with Crippen LogP contribution >= 0.6 is 0 Å². The topological polar surface area (TPSA) is 89.9 Å². The van der Waals surface area contributed by atoms with Gasteiger partial charge in [0.05, 0.1) is 11.4 Å². The first kappa shape index (κ1) is 13.7. The second-order valence-electron chi connectivity index (χ2n) is 4.67. The van der Waals surface area contributed by atoms with E-state index in [1.54, 1.807) is 30.3 Å². The molecule has 0 spiro atoms. The molecule has 0 radical (unpaired) electrons. The number of carbonyl (C=O) groups excluding carboxylic acids is 2. The molecule has 3 rings (SSSR count). The van der Waals surface area contributed by atoms with Gasteiger partial charge in [0.2, 0.25) is 0 Å². The number of hydrogen-bond donors (Lipinski definition) is 3. The van der Waals surface area contributed by atoms with Crippen molar-refractivity contribution < 1.29 is 19.8 Å². The van der Waals surface area contributed by atoms with E-state index in [9.17, 15) is 19.8 Å². The molecule has 0 aliphatic carbocycles. The zero-order valence-electron chi connectivity index (χ0n) is 11.4. The van der Waals surface area contributed by atoms with Crippen molar-refractivity contribution in [3.05, 3.63) is 60.3 Å². The summed E-state index contributed by atoms with van der Waals surface area (Å²) < 4.78 is 0. The molecule has 22 heavy (non-hydrogen) atoms. The molecule has 2 aromatic rings. The average molecular weight is 296 g/mol. The highest BCUT2D eigenvalue weighted by Gasteiger charge is 2.34. The van der Waals surface area contributed by atoms with Gasteiger partial charge in [0.15, 0.2) is 0 Å². The Bertz CT molecular complexity index is 798. The fourth-order valence-corrected chi connectivity index (χ4v) is 2.17. The van der Waals surface area contributed by atoms with E-state index >= 15 is 0 Å². The van der Waals surface area contributed by atoms with Crippen LogP contribution in [0.3, 0.4) is 0 Å². The lowest BCUT2D eigenvalue weighted by molar-refractivity contribution is -0.120. The number of benzene rings is 2. The number of imide groups is 1. The number of phenols is 2. The zero-order valence-corrected chi connectivity index (χ0v) is 11.4. The van der Waals surface area contributed by atoms with Crippen LogP contribution in [0.1, 0.15) is 0 Å². The highest BCUT2D eigenvalue weighted by molar-refractivity contribution is 6.31. The lowest BCUT2D eigenvalue weighted by Crippen LogP contribution is -2.31. The standard InChI is InChI=1S/C16H12N2O4/c19-13-7-3-1-5-10(13)17-11-9-15(21)18(16(11)22)12-6-2-4-8-14(12)20/h1-9,17,19-20H. The van der Waals surface area contributed by atoms with Crippen molar-refractivity contribution >= 4 is 23.2 Å². The van der Waals surface area contributed by atoms with Crippen molar-refractivity contribution in [3.8, 4) is 11.5 Å². The lowest BCUT2D eigenvalue weighted by atomic mass is 10.2. The summed E-state index contributed by atoms with van der Waals surface area (Å²) in [5.41, 5.74) is 0.451. The second kappa shape index (κ2) is 5.25. The quantitative estimate of drug-likeness (QED) is 0.595. The molecule has 0 unspecified atom stereocenters. The summed E-state index contributed by atoms with van der Waals surface area (Å²) in [6.07, 6.45) is 1.13. The average Bonchev–Trinajstić information content (AvgIpc) is 2.77. The third-order valence-electron chi connectivity index (χ3n) is 3.22. The molecular formula is C16H12N2O4. The Labute approximate surface area is 125 Å². The van der Waals surface area contributed by atoms with Gasteiger partial charge in [-0.3, -0.25) is 9.59 Å². The van der Waals surface area contributed by atoms with Crippen molar-refractivity contribution in [1.29, 1.82) is 0 Å². The van der Waals surface area contributed by atoms with Crippen LogP contribution in [0.5, 0.6) is 11.5 Å². The van der Waals surface area contributed by atoms with Crippen LogP contribution in [0.4, 0.5) is 11.4 Å². The number of anilines is 2. The molecule has 1 heterocycles. The van der Waals surface area contributed by atoms with Gasteiger partial charge in [0.1, 0.15) is 17.2 Å². The molecule has 0 bridgehead atoms. The zero-order chi connectivity index (χ0) is 15.7. The number of nitrogens with zero attached hydrogens (tertiary/aromatic N) is 1. The third kappa shape index (κ3) is 2.26. The minimum absolute atomic E-state index is 0.0229. The molecule has 0 fully saturated rings. The number of para-hydroxylation sites is 4. The van der Waals surface area contributed by atoms with E-state index in [1.165, 1.54) is 18.2 Å². The Hall–Kier alpha value is -3.28. The van der Waals surface area contributed by atoms with Crippen LogP contribution in [0.15, 0.2) is 60.3 Å². The van der Waals surface area contributed by atoms with Crippen LogP contribution in [-0.2, 0) is 9.59 Å². The molecule has 6 heteroatoms. The third-order valence-corrected chi connectivity index (χ3v) is 3.22. The van der Waals surface area contributed by atoms with Gasteiger partial charge in [-0.25, -0.2) is 4.90 Å². The smallest absolute Gasteiger partial charge is 0.282 e. The summed E-state index contributed by atoms with van der Waals surface area (Å²) in [5.74, 6) is -1.37. The van der Waals surface area contributed by atoms with E-state index in [2.05, 4.69) is 5.32 Å². The van der Waals surface area contributed by atoms with E-state index < -0.39 is 11.8 Å². The molecule has 1 aliphatic heterocycles. The number of nitrogens with one attached hydrogen (secondary N) is 1. The minimum Gasteiger partial charge on any atom is -0.506 e. The van der Waals surface area contributed by atoms with Crippen LogP contribution in [0, 0.1) is 0 Å². The Morgan fingerprint density at radius 3 is 2.18 bits per heavy atom. The van der Waals surface area contributed by atoms with Crippen molar-refractivity contribution in [2.24, 2.45) is 0 Å². The predicted molar refractivity (Wildman–Crippen MR) is 80.4 cm³/mol. The van der Waals surface area contributed by atoms with Crippen LogP contribution in [0.2, 0.25) is 0 Å². The highest BCUT2D eigenvalue weighted by Crippen LogP contribution is 2.32. The summed E-state index contributed by atoms with van der Waals surface area (Å²) >= 11 is 0. The number of phenolic OH excluding ortho intramolecular Hbond substituents is 2. The Balaban J connectivity index is 1.90. The van der Waals surface area contributed by atoms with Gasteiger partial charge in [0.25, 0.3) is 11.8 Å². The van der Waals surface area contributed by atoms with Gasteiger partial charge < -0.3 is 15.5 Å². The molecule has 0 aromatic heterocycles. The molecule has 6 nitrogen and oxygen atoms in total. The summed E-state index contributed by atoms with van der Waals surface area (Å²) in [4.78, 5) is 25.3. The van der Waals surface area contributed by atoms with E-state index in [1.807, 2.05) is 0 Å². The van der Waals surface area contributed by atoms with Crippen molar-refractivity contribution in [3.63, 3.8) is 0 Å². The first-order valence-electron chi connectivity index (χ1n) is 6.51. The minimum atomic E-state index is -0.602. The molecule has 0 atom stereocenters. The fraction of sp³-hybridized carbons (Fsp3) is 0. The Morgan fingerprint density at radius 2 is 1.50 bits per heavy atom. The van der Waals surface area contributed by atoms with Crippen molar-refractivity contribution in [2.45, 2.75) is 0 Å². The molecule has 0 saturated carbocycles. The molecular weight excluding hydrogens is 284 g/mol. The number of carbonyl (C=O) groups is 2. The largest absolute Gasteiger partial charge is 0.506 e. The normalized spacial score (nSPS) is 14.2. The van der Waals surface area contributed by atoms with E-state index in [0.717, 1.165) is 11.0 Å². The van der Waals surface area contributed by atoms with E-state index in [4.69, 9.17) is 0 Å². The van der Waals surface area contributed by atoms with Gasteiger partial charge in [-0.15, -0.1) is 0 Å². The van der Waals surface area contributed by atoms with Crippen molar-refractivity contribution in [2.75, 3.05) is 10.2 Å². The number of amides is 2. The SMILES string of the molecule is O=C1C=C(Nc2ccccc2O)C(=O)N1c1ccccc1O. The monoisotopic (exact) mass is 296 g/mol. The number of rotatable bonds is 3. The molecule has 1 aliphatic rings. The lowest BCUT2D eigenvalue weighted by Gasteiger charge is -2.16. The van der Waals surface area contributed by atoms with Crippen LogP contribution in [-0.4, -0.2) is 22.0 Å².